The van der Waals surface area contributed by atoms with Gasteiger partial charge in [-0.3, -0.25) is 0 Å². The van der Waals surface area contributed by atoms with Crippen molar-refractivity contribution in [3.8, 4) is 5.88 Å². The number of pyridine rings is 1. The van der Waals surface area contributed by atoms with E-state index in [4.69, 9.17) is 9.72 Å². The summed E-state index contributed by atoms with van der Waals surface area (Å²) in [5, 5.41) is 4.61. The van der Waals surface area contributed by atoms with Gasteiger partial charge in [0.15, 0.2) is 0 Å². The molecule has 0 saturated carbocycles. The van der Waals surface area contributed by atoms with Crippen LogP contribution in [-0.4, -0.2) is 17.6 Å². The summed E-state index contributed by atoms with van der Waals surface area (Å²) < 4.78 is 6.00. The number of hydrogen-bond acceptors (Lipinski definition) is 3. The largest absolute Gasteiger partial charge is 0.473 e. The molecule has 94 valence electrons. The van der Waals surface area contributed by atoms with Crippen LogP contribution in [-0.2, 0) is 6.54 Å². The van der Waals surface area contributed by atoms with Gasteiger partial charge in [0, 0.05) is 24.0 Å². The number of hydrogen-bond donors (Lipinski definition) is 1. The fourth-order valence-corrected chi connectivity index (χ4v) is 2.40. The second kappa shape index (κ2) is 4.58. The third-order valence-corrected chi connectivity index (χ3v) is 3.51. The lowest BCUT2D eigenvalue weighted by molar-refractivity contribution is 0.195. The number of aromatic nitrogens is 1. The van der Waals surface area contributed by atoms with Gasteiger partial charge in [0.1, 0.15) is 6.10 Å². The quantitative estimate of drug-likeness (QED) is 0.835. The molecular formula is C15H18N2O. The molecule has 0 unspecified atom stereocenters. The summed E-state index contributed by atoms with van der Waals surface area (Å²) in [4.78, 5) is 4.71. The number of rotatable bonds is 1. The van der Waals surface area contributed by atoms with Crippen LogP contribution in [0.5, 0.6) is 5.88 Å². The fraction of sp³-hybridized carbons (Fsp3) is 0.400. The predicted octanol–water partition coefficient (Wildman–Crippen LogP) is 2.80. The lowest BCUT2D eigenvalue weighted by Gasteiger charge is -2.14. The summed E-state index contributed by atoms with van der Waals surface area (Å²) in [5.74, 6) is 0.800. The van der Waals surface area contributed by atoms with Crippen molar-refractivity contribution < 1.29 is 4.74 Å². The zero-order chi connectivity index (χ0) is 12.5. The first kappa shape index (κ1) is 11.5. The third kappa shape index (κ3) is 1.95. The maximum Gasteiger partial charge on any atom is 0.218 e. The Hall–Kier alpha value is -1.61. The van der Waals surface area contributed by atoms with Gasteiger partial charge in [-0.2, -0.15) is 0 Å². The summed E-state index contributed by atoms with van der Waals surface area (Å²) in [6.07, 6.45) is 1.22. The normalized spacial score (nSPS) is 19.1. The Bertz CT molecular complexity index is 580. The number of para-hydroxylation sites is 1. The standard InChI is InChI=1S/C15H18N2O/c1-3-13-9-16-8-12-7-11-6-4-5-10(2)14(11)17-15(12)18-13/h4-7,13,16H,3,8-9H2,1-2H3/t13-/m1/s1. The second-order valence-corrected chi connectivity index (χ2v) is 4.88. The summed E-state index contributed by atoms with van der Waals surface area (Å²) in [6, 6.07) is 8.47. The van der Waals surface area contributed by atoms with Gasteiger partial charge in [0.05, 0.1) is 5.52 Å². The minimum atomic E-state index is 0.222. The molecule has 0 fully saturated rings. The average molecular weight is 242 g/mol. The van der Waals surface area contributed by atoms with E-state index in [1.54, 1.807) is 0 Å². The zero-order valence-corrected chi connectivity index (χ0v) is 10.9. The highest BCUT2D eigenvalue weighted by atomic mass is 16.5. The minimum Gasteiger partial charge on any atom is -0.473 e. The molecule has 1 aromatic heterocycles. The van der Waals surface area contributed by atoms with Crippen LogP contribution in [0, 0.1) is 6.92 Å². The number of nitrogens with one attached hydrogen (secondary N) is 1. The van der Waals surface area contributed by atoms with E-state index in [9.17, 15) is 0 Å². The molecule has 2 aromatic rings. The molecule has 0 radical (unpaired) electrons. The molecule has 0 bridgehead atoms. The molecule has 3 rings (SSSR count). The summed E-state index contributed by atoms with van der Waals surface area (Å²) in [7, 11) is 0. The van der Waals surface area contributed by atoms with Crippen molar-refractivity contribution in [3.63, 3.8) is 0 Å². The van der Waals surface area contributed by atoms with E-state index < -0.39 is 0 Å². The van der Waals surface area contributed by atoms with Crippen LogP contribution in [0.15, 0.2) is 24.3 Å². The van der Waals surface area contributed by atoms with Crippen molar-refractivity contribution in [2.75, 3.05) is 6.54 Å². The van der Waals surface area contributed by atoms with Crippen molar-refractivity contribution in [1.29, 1.82) is 0 Å². The van der Waals surface area contributed by atoms with E-state index in [0.29, 0.717) is 0 Å². The van der Waals surface area contributed by atoms with Crippen molar-refractivity contribution in [2.24, 2.45) is 0 Å². The molecule has 18 heavy (non-hydrogen) atoms. The molecule has 0 aliphatic carbocycles. The highest BCUT2D eigenvalue weighted by Crippen LogP contribution is 2.26. The molecule has 0 spiro atoms. The van der Waals surface area contributed by atoms with Gasteiger partial charge >= 0.3 is 0 Å². The first-order chi connectivity index (χ1) is 8.78. The fourth-order valence-electron chi connectivity index (χ4n) is 2.40. The Morgan fingerprint density at radius 2 is 2.33 bits per heavy atom. The van der Waals surface area contributed by atoms with Gasteiger partial charge < -0.3 is 10.1 Å². The minimum absolute atomic E-state index is 0.222. The summed E-state index contributed by atoms with van der Waals surface area (Å²) >= 11 is 0. The van der Waals surface area contributed by atoms with E-state index in [1.807, 2.05) is 0 Å². The van der Waals surface area contributed by atoms with Gasteiger partial charge in [-0.05, 0) is 25.0 Å². The van der Waals surface area contributed by atoms with E-state index in [-0.39, 0.29) is 6.10 Å². The van der Waals surface area contributed by atoms with Gasteiger partial charge in [-0.1, -0.05) is 25.1 Å². The monoisotopic (exact) mass is 242 g/mol. The highest BCUT2D eigenvalue weighted by molar-refractivity contribution is 5.83. The maximum atomic E-state index is 6.00. The molecule has 0 amide bonds. The van der Waals surface area contributed by atoms with Crippen molar-refractivity contribution >= 4 is 10.9 Å². The van der Waals surface area contributed by atoms with Crippen LogP contribution in [0.2, 0.25) is 0 Å². The number of nitrogens with zero attached hydrogens (tertiary/aromatic N) is 1. The predicted molar refractivity (Wildman–Crippen MR) is 72.9 cm³/mol. The van der Waals surface area contributed by atoms with E-state index in [2.05, 4.69) is 43.4 Å². The van der Waals surface area contributed by atoms with E-state index in [0.717, 1.165) is 36.5 Å². The number of ether oxygens (including phenoxy) is 1. The van der Waals surface area contributed by atoms with Crippen LogP contribution in [0.4, 0.5) is 0 Å². The Morgan fingerprint density at radius 3 is 3.17 bits per heavy atom. The Labute approximate surface area is 107 Å². The summed E-state index contributed by atoms with van der Waals surface area (Å²) in [6.45, 7) is 5.96. The van der Waals surface area contributed by atoms with Crippen molar-refractivity contribution in [3.05, 3.63) is 35.4 Å². The van der Waals surface area contributed by atoms with Crippen LogP contribution in [0.3, 0.4) is 0 Å². The SMILES string of the molecule is CC[C@@H]1CNCc2cc3cccc(C)c3nc2O1. The topological polar surface area (TPSA) is 34.2 Å². The van der Waals surface area contributed by atoms with Crippen LogP contribution < -0.4 is 10.1 Å². The van der Waals surface area contributed by atoms with Gasteiger partial charge in [0.2, 0.25) is 5.88 Å². The molecule has 3 nitrogen and oxygen atoms in total. The van der Waals surface area contributed by atoms with Crippen LogP contribution in [0.1, 0.15) is 24.5 Å². The molecule has 1 aromatic carbocycles. The van der Waals surface area contributed by atoms with Gasteiger partial charge in [-0.25, -0.2) is 4.98 Å². The second-order valence-electron chi connectivity index (χ2n) is 4.88. The Kier molecular flexibility index (Phi) is 2.92. The van der Waals surface area contributed by atoms with E-state index in [1.165, 1.54) is 10.9 Å². The van der Waals surface area contributed by atoms with E-state index >= 15 is 0 Å². The first-order valence-corrected chi connectivity index (χ1v) is 6.54. The molecule has 3 heteroatoms. The molecule has 1 aliphatic heterocycles. The molecule has 1 atom stereocenters. The number of fused-ring (bicyclic) bond motifs is 2. The Morgan fingerprint density at radius 1 is 1.44 bits per heavy atom. The molecule has 0 saturated heterocycles. The average Bonchev–Trinajstić information content (AvgIpc) is 2.58. The molecule has 1 N–H and O–H groups in total. The third-order valence-electron chi connectivity index (χ3n) is 3.51. The number of aryl methyl sites for hydroxylation is 1. The lowest BCUT2D eigenvalue weighted by Crippen LogP contribution is -2.27. The first-order valence-electron chi connectivity index (χ1n) is 6.54. The lowest BCUT2D eigenvalue weighted by atomic mass is 10.1. The van der Waals surface area contributed by atoms with Crippen molar-refractivity contribution in [2.45, 2.75) is 32.9 Å². The molecule has 2 heterocycles. The Balaban J connectivity index is 2.13. The van der Waals surface area contributed by atoms with Gasteiger partial charge in [0.25, 0.3) is 0 Å². The van der Waals surface area contributed by atoms with Crippen molar-refractivity contribution in [1.82, 2.24) is 10.3 Å². The smallest absolute Gasteiger partial charge is 0.218 e. The number of benzene rings is 1. The molecular weight excluding hydrogens is 224 g/mol. The summed E-state index contributed by atoms with van der Waals surface area (Å²) in [5.41, 5.74) is 3.40. The highest BCUT2D eigenvalue weighted by Gasteiger charge is 2.18. The maximum absolute atomic E-state index is 6.00. The van der Waals surface area contributed by atoms with Gasteiger partial charge in [-0.15, -0.1) is 0 Å². The van der Waals surface area contributed by atoms with Crippen LogP contribution in [0.25, 0.3) is 10.9 Å². The molecule has 1 aliphatic rings. The van der Waals surface area contributed by atoms with Crippen LogP contribution >= 0.6 is 0 Å². The zero-order valence-electron chi connectivity index (χ0n) is 10.9.